The van der Waals surface area contributed by atoms with Gasteiger partial charge in [-0.2, -0.15) is 5.10 Å². The van der Waals surface area contributed by atoms with E-state index in [0.717, 1.165) is 10.9 Å². The molecule has 3 aromatic rings. The molecule has 3 rings (SSSR count). The Morgan fingerprint density at radius 3 is 2.90 bits per heavy atom. The fourth-order valence-electron chi connectivity index (χ4n) is 2.08. The fraction of sp³-hybridized carbons (Fsp3) is 0.250. The molecule has 0 aromatic carbocycles. The van der Waals surface area contributed by atoms with E-state index in [1.807, 2.05) is 6.92 Å². The molecule has 9 nitrogen and oxygen atoms in total. The van der Waals surface area contributed by atoms with Crippen molar-refractivity contribution in [3.8, 4) is 0 Å². The first-order valence-corrected chi connectivity index (χ1v) is 6.27. The van der Waals surface area contributed by atoms with Crippen LogP contribution >= 0.6 is 0 Å². The molecule has 0 saturated carbocycles. The highest BCUT2D eigenvalue weighted by atomic mass is 16.1. The lowest BCUT2D eigenvalue weighted by Gasteiger charge is -2.07. The van der Waals surface area contributed by atoms with Crippen molar-refractivity contribution in [3.63, 3.8) is 0 Å². The molecule has 0 aliphatic heterocycles. The highest BCUT2D eigenvalue weighted by Gasteiger charge is 2.11. The van der Waals surface area contributed by atoms with E-state index in [9.17, 15) is 4.79 Å². The second-order valence-corrected chi connectivity index (χ2v) is 4.68. The second-order valence-electron chi connectivity index (χ2n) is 4.68. The third-order valence-electron chi connectivity index (χ3n) is 3.07. The van der Waals surface area contributed by atoms with Crippen LogP contribution < -0.4 is 17.0 Å². The largest absolute Gasteiger partial charge is 0.347 e. The van der Waals surface area contributed by atoms with Crippen LogP contribution in [0.15, 0.2) is 23.4 Å². The van der Waals surface area contributed by atoms with E-state index in [2.05, 4.69) is 25.5 Å². The lowest BCUT2D eigenvalue weighted by molar-refractivity contribution is 0.685. The van der Waals surface area contributed by atoms with Crippen molar-refractivity contribution in [2.75, 3.05) is 5.43 Å². The second kappa shape index (κ2) is 4.94. The lowest BCUT2D eigenvalue weighted by atomic mass is 10.3. The number of fused-ring (bicyclic) bond motifs is 1. The molecule has 0 unspecified atom stereocenters. The highest BCUT2D eigenvalue weighted by molar-refractivity contribution is 5.86. The Bertz CT molecular complexity index is 865. The molecule has 3 N–H and O–H groups in total. The number of anilines is 1. The molecule has 0 spiro atoms. The van der Waals surface area contributed by atoms with Gasteiger partial charge in [0.2, 0.25) is 0 Å². The Labute approximate surface area is 119 Å². The molecular formula is C12H14N8O. The molecule has 0 aliphatic rings. The summed E-state index contributed by atoms with van der Waals surface area (Å²) in [5, 5.41) is 4.84. The van der Waals surface area contributed by atoms with Crippen LogP contribution in [-0.4, -0.2) is 29.3 Å². The number of aryl methyl sites for hydroxylation is 2. The number of nitrogens with one attached hydrogen (secondary N) is 1. The average molecular weight is 286 g/mol. The molecule has 0 amide bonds. The minimum atomic E-state index is -0.350. The summed E-state index contributed by atoms with van der Waals surface area (Å²) in [4.78, 5) is 24.3. The smallest absolute Gasteiger partial charge is 0.308 e. The summed E-state index contributed by atoms with van der Waals surface area (Å²) in [6, 6.07) is 0. The van der Waals surface area contributed by atoms with Crippen LogP contribution in [0, 0.1) is 6.92 Å². The van der Waals surface area contributed by atoms with E-state index in [4.69, 9.17) is 5.84 Å². The number of aromatic nitrogens is 6. The molecule has 3 aromatic heterocycles. The number of nitrogens with zero attached hydrogens (tertiary/aromatic N) is 6. The molecule has 3 heterocycles. The van der Waals surface area contributed by atoms with E-state index in [1.165, 1.54) is 10.8 Å². The van der Waals surface area contributed by atoms with Crippen molar-refractivity contribution in [2.45, 2.75) is 13.5 Å². The first-order valence-electron chi connectivity index (χ1n) is 6.27. The van der Waals surface area contributed by atoms with Crippen molar-refractivity contribution in [1.82, 2.24) is 29.3 Å². The molecule has 0 bridgehead atoms. The zero-order valence-corrected chi connectivity index (χ0v) is 11.6. The predicted molar refractivity (Wildman–Crippen MR) is 76.5 cm³/mol. The lowest BCUT2D eigenvalue weighted by Crippen LogP contribution is -2.24. The van der Waals surface area contributed by atoms with Gasteiger partial charge in [-0.15, -0.1) is 0 Å². The van der Waals surface area contributed by atoms with Gasteiger partial charge in [0.25, 0.3) is 0 Å². The van der Waals surface area contributed by atoms with Gasteiger partial charge in [0.1, 0.15) is 0 Å². The summed E-state index contributed by atoms with van der Waals surface area (Å²) >= 11 is 0. The van der Waals surface area contributed by atoms with Crippen LogP contribution in [0.5, 0.6) is 0 Å². The van der Waals surface area contributed by atoms with Gasteiger partial charge in [-0.1, -0.05) is 0 Å². The van der Waals surface area contributed by atoms with Crippen LogP contribution in [0.1, 0.15) is 11.4 Å². The minimum Gasteiger partial charge on any atom is -0.308 e. The standard InChI is InChI=1S/C12H14N8O/c1-7-3-14-12(21)20(5-7)6-9-16-10(18-13)8-4-15-19(2)11(8)17-9/h3-5H,6,13H2,1-2H3,(H,16,17,18). The van der Waals surface area contributed by atoms with Crippen molar-refractivity contribution in [2.24, 2.45) is 12.9 Å². The summed E-state index contributed by atoms with van der Waals surface area (Å²) in [7, 11) is 1.78. The van der Waals surface area contributed by atoms with Gasteiger partial charge in [-0.05, 0) is 12.5 Å². The molecule has 0 aliphatic carbocycles. The number of rotatable bonds is 3. The number of nitrogens with two attached hydrogens (primary N) is 1. The minimum absolute atomic E-state index is 0.212. The van der Waals surface area contributed by atoms with Gasteiger partial charge >= 0.3 is 5.69 Å². The third kappa shape index (κ3) is 2.34. The first-order chi connectivity index (χ1) is 10.1. The van der Waals surface area contributed by atoms with E-state index in [-0.39, 0.29) is 12.2 Å². The molecule has 9 heteroatoms. The topological polar surface area (TPSA) is 117 Å². The molecule has 108 valence electrons. The van der Waals surface area contributed by atoms with Crippen LogP contribution in [0.25, 0.3) is 11.0 Å². The first kappa shape index (κ1) is 13.2. The fourth-order valence-corrected chi connectivity index (χ4v) is 2.08. The zero-order valence-electron chi connectivity index (χ0n) is 11.6. The maximum absolute atomic E-state index is 11.7. The number of hydrogen-bond donors (Lipinski definition) is 2. The van der Waals surface area contributed by atoms with Crippen molar-refractivity contribution < 1.29 is 0 Å². The maximum atomic E-state index is 11.7. The van der Waals surface area contributed by atoms with Gasteiger partial charge in [0, 0.05) is 19.4 Å². The summed E-state index contributed by atoms with van der Waals surface area (Å²) in [6.45, 7) is 2.07. The number of nitrogen functional groups attached to an aromatic ring is 1. The van der Waals surface area contributed by atoms with Crippen molar-refractivity contribution >= 4 is 16.9 Å². The monoisotopic (exact) mass is 286 g/mol. The van der Waals surface area contributed by atoms with Gasteiger partial charge < -0.3 is 5.43 Å². The normalized spacial score (nSPS) is 11.0. The van der Waals surface area contributed by atoms with E-state index in [1.54, 1.807) is 24.1 Å². The third-order valence-corrected chi connectivity index (χ3v) is 3.07. The van der Waals surface area contributed by atoms with Gasteiger partial charge in [-0.25, -0.2) is 25.6 Å². The molecule has 21 heavy (non-hydrogen) atoms. The Morgan fingerprint density at radius 1 is 1.33 bits per heavy atom. The SMILES string of the molecule is Cc1cnc(=O)n(Cc2nc(NN)c3cnn(C)c3n2)c1. The van der Waals surface area contributed by atoms with Crippen LogP contribution in [0.2, 0.25) is 0 Å². The summed E-state index contributed by atoms with van der Waals surface area (Å²) in [5.41, 5.74) is 3.70. The molecule has 0 atom stereocenters. The zero-order chi connectivity index (χ0) is 15.0. The Hall–Kier alpha value is -2.81. The quantitative estimate of drug-likeness (QED) is 0.495. The van der Waals surface area contributed by atoms with Crippen LogP contribution in [0.3, 0.4) is 0 Å². The molecule has 0 fully saturated rings. The van der Waals surface area contributed by atoms with Crippen molar-refractivity contribution in [3.05, 3.63) is 40.5 Å². The summed E-state index contributed by atoms with van der Waals surface area (Å²) in [6.07, 6.45) is 4.87. The van der Waals surface area contributed by atoms with E-state index < -0.39 is 0 Å². The van der Waals surface area contributed by atoms with Gasteiger partial charge in [0.05, 0.1) is 18.1 Å². The van der Waals surface area contributed by atoms with Gasteiger partial charge in [-0.3, -0.25) is 9.25 Å². The van der Waals surface area contributed by atoms with Crippen LogP contribution in [0.4, 0.5) is 5.82 Å². The summed E-state index contributed by atoms with van der Waals surface area (Å²) < 4.78 is 3.08. The predicted octanol–water partition coefficient (Wildman–Crippen LogP) is -0.438. The Morgan fingerprint density at radius 2 is 2.14 bits per heavy atom. The van der Waals surface area contributed by atoms with Crippen LogP contribution in [-0.2, 0) is 13.6 Å². The highest BCUT2D eigenvalue weighted by Crippen LogP contribution is 2.18. The summed E-state index contributed by atoms with van der Waals surface area (Å²) in [5.74, 6) is 6.40. The van der Waals surface area contributed by atoms with Gasteiger partial charge in [0.15, 0.2) is 17.3 Å². The molecule has 0 radical (unpaired) electrons. The Kier molecular flexibility index (Phi) is 3.10. The van der Waals surface area contributed by atoms with Crippen molar-refractivity contribution in [1.29, 1.82) is 0 Å². The van der Waals surface area contributed by atoms with E-state index >= 15 is 0 Å². The maximum Gasteiger partial charge on any atom is 0.347 e. The number of hydrazine groups is 1. The number of hydrogen-bond acceptors (Lipinski definition) is 7. The van der Waals surface area contributed by atoms with E-state index in [0.29, 0.717) is 17.3 Å². The molecular weight excluding hydrogens is 272 g/mol. The molecule has 0 saturated heterocycles. The Balaban J connectivity index is 2.10. The average Bonchev–Trinajstić information content (AvgIpc) is 2.84.